The normalized spacial score (nSPS) is 11.6. The number of rotatable bonds is 11. The minimum absolute atomic E-state index is 0.740. The summed E-state index contributed by atoms with van der Waals surface area (Å²) >= 11 is 0. The molecule has 0 fully saturated rings. The molecule has 0 aromatic rings. The zero-order valence-electron chi connectivity index (χ0n) is 11.4. The standard InChI is InChI=1S/C13H30N2O/c1-4-8-15(9-5-7-14)10-12-16-11-6-13(2)3/h13H,4-12,14H2,1-3H3. The Morgan fingerprint density at radius 2 is 1.88 bits per heavy atom. The highest BCUT2D eigenvalue weighted by Crippen LogP contribution is 1.99. The van der Waals surface area contributed by atoms with Crippen molar-refractivity contribution in [3.05, 3.63) is 0 Å². The van der Waals surface area contributed by atoms with Crippen LogP contribution in [0.3, 0.4) is 0 Å². The summed E-state index contributed by atoms with van der Waals surface area (Å²) in [6.45, 7) is 12.5. The minimum Gasteiger partial charge on any atom is -0.380 e. The minimum atomic E-state index is 0.740. The summed E-state index contributed by atoms with van der Waals surface area (Å²) in [5.41, 5.74) is 5.52. The fourth-order valence-electron chi connectivity index (χ4n) is 1.58. The van der Waals surface area contributed by atoms with Crippen molar-refractivity contribution in [1.82, 2.24) is 4.90 Å². The molecular formula is C13H30N2O. The van der Waals surface area contributed by atoms with Crippen LogP contribution in [0.25, 0.3) is 0 Å². The second-order valence-corrected chi connectivity index (χ2v) is 4.78. The Morgan fingerprint density at radius 1 is 1.12 bits per heavy atom. The average molecular weight is 230 g/mol. The van der Waals surface area contributed by atoms with E-state index in [1.54, 1.807) is 0 Å². The Balaban J connectivity index is 3.43. The summed E-state index contributed by atoms with van der Waals surface area (Å²) in [5, 5.41) is 0. The molecule has 0 heterocycles. The molecule has 2 N–H and O–H groups in total. The van der Waals surface area contributed by atoms with Crippen molar-refractivity contribution in [3.63, 3.8) is 0 Å². The van der Waals surface area contributed by atoms with E-state index in [0.29, 0.717) is 0 Å². The predicted molar refractivity (Wildman–Crippen MR) is 70.7 cm³/mol. The van der Waals surface area contributed by atoms with Crippen molar-refractivity contribution < 1.29 is 4.74 Å². The lowest BCUT2D eigenvalue weighted by atomic mass is 10.1. The molecule has 0 unspecified atom stereocenters. The Hall–Kier alpha value is -0.120. The topological polar surface area (TPSA) is 38.5 Å². The summed E-state index contributed by atoms with van der Waals surface area (Å²) in [5.74, 6) is 0.740. The Morgan fingerprint density at radius 3 is 2.44 bits per heavy atom. The van der Waals surface area contributed by atoms with Gasteiger partial charge in [0.25, 0.3) is 0 Å². The third kappa shape index (κ3) is 10.4. The second kappa shape index (κ2) is 11.4. The van der Waals surface area contributed by atoms with Crippen molar-refractivity contribution in [2.45, 2.75) is 40.0 Å². The van der Waals surface area contributed by atoms with Gasteiger partial charge in [-0.3, -0.25) is 0 Å². The van der Waals surface area contributed by atoms with E-state index < -0.39 is 0 Å². The number of nitrogens with zero attached hydrogens (tertiary/aromatic N) is 1. The molecule has 0 aromatic carbocycles. The molecule has 0 amide bonds. The molecule has 3 heteroatoms. The van der Waals surface area contributed by atoms with Crippen molar-refractivity contribution in [1.29, 1.82) is 0 Å². The lowest BCUT2D eigenvalue weighted by molar-refractivity contribution is 0.0957. The molecule has 0 saturated heterocycles. The van der Waals surface area contributed by atoms with E-state index in [1.165, 1.54) is 6.42 Å². The zero-order chi connectivity index (χ0) is 12.2. The number of hydrogen-bond donors (Lipinski definition) is 1. The maximum Gasteiger partial charge on any atom is 0.0593 e. The second-order valence-electron chi connectivity index (χ2n) is 4.78. The van der Waals surface area contributed by atoms with Crippen LogP contribution in [0.2, 0.25) is 0 Å². The smallest absolute Gasteiger partial charge is 0.0593 e. The molecule has 0 atom stereocenters. The molecule has 3 nitrogen and oxygen atoms in total. The van der Waals surface area contributed by atoms with Crippen LogP contribution in [0.5, 0.6) is 0 Å². The highest BCUT2D eigenvalue weighted by Gasteiger charge is 2.02. The largest absolute Gasteiger partial charge is 0.380 e. The lowest BCUT2D eigenvalue weighted by Gasteiger charge is -2.21. The Kier molecular flexibility index (Phi) is 11.3. The number of hydrogen-bond acceptors (Lipinski definition) is 3. The van der Waals surface area contributed by atoms with E-state index in [2.05, 4.69) is 25.7 Å². The average Bonchev–Trinajstić information content (AvgIpc) is 2.24. The van der Waals surface area contributed by atoms with E-state index in [-0.39, 0.29) is 0 Å². The van der Waals surface area contributed by atoms with Crippen LogP contribution >= 0.6 is 0 Å². The molecule has 0 spiro atoms. The van der Waals surface area contributed by atoms with Gasteiger partial charge < -0.3 is 15.4 Å². The van der Waals surface area contributed by atoms with Gasteiger partial charge in [-0.05, 0) is 44.8 Å². The summed E-state index contributed by atoms with van der Waals surface area (Å²) in [4.78, 5) is 2.45. The van der Waals surface area contributed by atoms with E-state index in [1.807, 2.05) is 0 Å². The van der Waals surface area contributed by atoms with E-state index in [9.17, 15) is 0 Å². The van der Waals surface area contributed by atoms with Crippen LogP contribution in [-0.2, 0) is 4.74 Å². The third-order valence-corrected chi connectivity index (χ3v) is 2.61. The number of nitrogens with two attached hydrogens (primary N) is 1. The molecule has 0 radical (unpaired) electrons. The maximum absolute atomic E-state index is 5.63. The van der Waals surface area contributed by atoms with Gasteiger partial charge >= 0.3 is 0 Å². The molecule has 0 bridgehead atoms. The van der Waals surface area contributed by atoms with Crippen LogP contribution in [0.15, 0.2) is 0 Å². The summed E-state index contributed by atoms with van der Waals surface area (Å²) in [6, 6.07) is 0. The van der Waals surface area contributed by atoms with Crippen LogP contribution in [0, 0.1) is 5.92 Å². The first-order chi connectivity index (χ1) is 7.70. The highest BCUT2D eigenvalue weighted by atomic mass is 16.5. The molecule has 0 aliphatic heterocycles. The van der Waals surface area contributed by atoms with Gasteiger partial charge in [-0.2, -0.15) is 0 Å². The Bertz CT molecular complexity index is 140. The van der Waals surface area contributed by atoms with Gasteiger partial charge in [0.1, 0.15) is 0 Å². The predicted octanol–water partition coefficient (Wildman–Crippen LogP) is 2.11. The van der Waals surface area contributed by atoms with Gasteiger partial charge in [-0.25, -0.2) is 0 Å². The first-order valence-corrected chi connectivity index (χ1v) is 6.70. The van der Waals surface area contributed by atoms with Crippen LogP contribution in [0.4, 0.5) is 0 Å². The Labute approximate surface area is 101 Å². The zero-order valence-corrected chi connectivity index (χ0v) is 11.4. The SMILES string of the molecule is CCCN(CCCN)CCOCCC(C)C. The van der Waals surface area contributed by atoms with Gasteiger partial charge in [0.2, 0.25) is 0 Å². The van der Waals surface area contributed by atoms with Crippen molar-refractivity contribution in [2.24, 2.45) is 11.7 Å². The molecule has 98 valence electrons. The van der Waals surface area contributed by atoms with Gasteiger partial charge in [0.15, 0.2) is 0 Å². The summed E-state index contributed by atoms with van der Waals surface area (Å²) in [6.07, 6.45) is 3.46. The molecule has 0 aliphatic rings. The van der Waals surface area contributed by atoms with E-state index in [4.69, 9.17) is 10.5 Å². The monoisotopic (exact) mass is 230 g/mol. The fourth-order valence-corrected chi connectivity index (χ4v) is 1.58. The summed E-state index contributed by atoms with van der Waals surface area (Å²) in [7, 11) is 0. The van der Waals surface area contributed by atoms with Gasteiger partial charge in [0, 0.05) is 13.2 Å². The van der Waals surface area contributed by atoms with E-state index >= 15 is 0 Å². The van der Waals surface area contributed by atoms with Crippen molar-refractivity contribution in [3.8, 4) is 0 Å². The van der Waals surface area contributed by atoms with Crippen molar-refractivity contribution in [2.75, 3.05) is 39.4 Å². The van der Waals surface area contributed by atoms with E-state index in [0.717, 1.165) is 58.2 Å². The van der Waals surface area contributed by atoms with Crippen molar-refractivity contribution >= 4 is 0 Å². The van der Waals surface area contributed by atoms with Crippen LogP contribution < -0.4 is 5.73 Å². The van der Waals surface area contributed by atoms with Gasteiger partial charge in [0.05, 0.1) is 6.61 Å². The van der Waals surface area contributed by atoms with Crippen LogP contribution in [0.1, 0.15) is 40.0 Å². The highest BCUT2D eigenvalue weighted by molar-refractivity contribution is 4.57. The maximum atomic E-state index is 5.63. The molecule has 0 rings (SSSR count). The first-order valence-electron chi connectivity index (χ1n) is 6.70. The lowest BCUT2D eigenvalue weighted by Crippen LogP contribution is -2.30. The van der Waals surface area contributed by atoms with Crippen LogP contribution in [-0.4, -0.2) is 44.3 Å². The molecule has 0 aromatic heterocycles. The number of ether oxygens (including phenoxy) is 1. The molecular weight excluding hydrogens is 200 g/mol. The molecule has 16 heavy (non-hydrogen) atoms. The fraction of sp³-hybridized carbons (Fsp3) is 1.00. The van der Waals surface area contributed by atoms with Gasteiger partial charge in [-0.1, -0.05) is 20.8 Å². The summed E-state index contributed by atoms with van der Waals surface area (Å²) < 4.78 is 5.63. The molecule has 0 saturated carbocycles. The van der Waals surface area contributed by atoms with Gasteiger partial charge in [-0.15, -0.1) is 0 Å². The first kappa shape index (κ1) is 15.9. The molecule has 0 aliphatic carbocycles. The quantitative estimate of drug-likeness (QED) is 0.553. The third-order valence-electron chi connectivity index (χ3n) is 2.61.